The molecule has 10 heteroatoms. The van der Waals surface area contributed by atoms with Crippen LogP contribution in [0.15, 0.2) is 47.4 Å². The highest BCUT2D eigenvalue weighted by atomic mass is 35.5. The number of amides is 1. The molecule has 0 aromatic heterocycles. The van der Waals surface area contributed by atoms with Crippen molar-refractivity contribution in [1.29, 1.82) is 0 Å². The van der Waals surface area contributed by atoms with Gasteiger partial charge in [0.1, 0.15) is 0 Å². The van der Waals surface area contributed by atoms with E-state index in [4.69, 9.17) is 11.6 Å². The smallest absolute Gasteiger partial charge is 0.253 e. The Hall–Kier alpha value is -2.10. The normalized spacial score (nSPS) is 13.0. The van der Waals surface area contributed by atoms with E-state index in [2.05, 4.69) is 5.32 Å². The fourth-order valence-electron chi connectivity index (χ4n) is 2.44. The third kappa shape index (κ3) is 5.24. The first-order chi connectivity index (χ1) is 12.8. The van der Waals surface area contributed by atoms with Crippen LogP contribution in [0, 0.1) is 0 Å². The number of rotatable bonds is 6. The molecule has 0 saturated heterocycles. The number of benzene rings is 2. The van der Waals surface area contributed by atoms with Gasteiger partial charge in [-0.05, 0) is 42.8 Å². The summed E-state index contributed by atoms with van der Waals surface area (Å²) >= 11 is 6.17. The molecule has 1 N–H and O–H groups in total. The second-order valence-corrected chi connectivity index (χ2v) is 10.9. The van der Waals surface area contributed by atoms with Crippen LogP contribution in [-0.2, 0) is 19.9 Å². The summed E-state index contributed by atoms with van der Waals surface area (Å²) in [5.41, 5.74) is 1.27. The Bertz CT molecular complexity index is 1100. The third-order valence-corrected chi connectivity index (χ3v) is 6.86. The van der Waals surface area contributed by atoms with Crippen LogP contribution in [0.4, 0.5) is 5.69 Å². The van der Waals surface area contributed by atoms with E-state index in [1.807, 2.05) is 0 Å². The van der Waals surface area contributed by atoms with Crippen molar-refractivity contribution in [2.24, 2.45) is 0 Å². The summed E-state index contributed by atoms with van der Waals surface area (Å²) < 4.78 is 47.3. The second kappa shape index (κ2) is 8.10. The van der Waals surface area contributed by atoms with Crippen LogP contribution in [-0.4, -0.2) is 42.3 Å². The van der Waals surface area contributed by atoms with Crippen LogP contribution in [0.25, 0.3) is 0 Å². The molecule has 0 saturated carbocycles. The molecular formula is C18H21ClN2O5S2. The molecule has 7 nitrogen and oxygen atoms in total. The number of carbonyl (C=O) groups is 1. The maximum Gasteiger partial charge on any atom is 0.253 e. The molecule has 0 aliphatic carbocycles. The van der Waals surface area contributed by atoms with Gasteiger partial charge in [0.05, 0.1) is 33.5 Å². The van der Waals surface area contributed by atoms with Gasteiger partial charge < -0.3 is 5.32 Å². The molecule has 28 heavy (non-hydrogen) atoms. The van der Waals surface area contributed by atoms with Crippen molar-refractivity contribution in [2.75, 3.05) is 23.9 Å². The molecule has 0 fully saturated rings. The van der Waals surface area contributed by atoms with Gasteiger partial charge in [0, 0.05) is 13.3 Å². The number of nitrogens with zero attached hydrogens (tertiary/aromatic N) is 1. The molecule has 0 spiro atoms. The number of carbonyl (C=O) groups excluding carboxylic acids is 1. The largest absolute Gasteiger partial charge is 0.345 e. The van der Waals surface area contributed by atoms with E-state index in [1.165, 1.54) is 37.4 Å². The van der Waals surface area contributed by atoms with Crippen molar-refractivity contribution < 1.29 is 21.6 Å². The lowest BCUT2D eigenvalue weighted by Crippen LogP contribution is -2.27. The van der Waals surface area contributed by atoms with Crippen LogP contribution in [0.3, 0.4) is 0 Å². The molecule has 152 valence electrons. The number of halogens is 1. The topological polar surface area (TPSA) is 101 Å². The van der Waals surface area contributed by atoms with E-state index < -0.39 is 31.8 Å². The number of nitrogens with one attached hydrogen (secondary N) is 1. The van der Waals surface area contributed by atoms with Crippen molar-refractivity contribution in [3.63, 3.8) is 0 Å². The van der Waals surface area contributed by atoms with Crippen LogP contribution >= 0.6 is 11.6 Å². The highest BCUT2D eigenvalue weighted by molar-refractivity contribution is 7.92. The van der Waals surface area contributed by atoms with Crippen molar-refractivity contribution in [3.05, 3.63) is 58.6 Å². The molecule has 2 aromatic carbocycles. The molecule has 1 amide bonds. The van der Waals surface area contributed by atoms with Crippen molar-refractivity contribution >= 4 is 43.1 Å². The standard InChI is InChI=1S/C18H21ClN2O5S2/c1-12(13-5-8-15(9-6-13)27(3,23)24)20-18(22)16-10-7-14(11-17(16)19)21(2)28(4,25)26/h5-12H,1-4H3,(H,20,22)/t12-/m1/s1. The van der Waals surface area contributed by atoms with E-state index in [0.717, 1.165) is 22.4 Å². The van der Waals surface area contributed by atoms with Gasteiger partial charge in [-0.15, -0.1) is 0 Å². The highest BCUT2D eigenvalue weighted by Gasteiger charge is 2.18. The van der Waals surface area contributed by atoms with Gasteiger partial charge in [-0.25, -0.2) is 16.8 Å². The molecule has 0 unspecified atom stereocenters. The predicted octanol–water partition coefficient (Wildman–Crippen LogP) is 2.63. The van der Waals surface area contributed by atoms with E-state index in [1.54, 1.807) is 19.1 Å². The molecular weight excluding hydrogens is 424 g/mol. The zero-order valence-electron chi connectivity index (χ0n) is 15.8. The summed E-state index contributed by atoms with van der Waals surface area (Å²) in [4.78, 5) is 12.7. The lowest BCUT2D eigenvalue weighted by Gasteiger charge is -2.18. The zero-order valence-corrected chi connectivity index (χ0v) is 18.2. The van der Waals surface area contributed by atoms with E-state index in [0.29, 0.717) is 5.69 Å². The Morgan fingerprint density at radius 1 is 1.04 bits per heavy atom. The monoisotopic (exact) mass is 444 g/mol. The summed E-state index contributed by atoms with van der Waals surface area (Å²) in [5.74, 6) is -0.432. The molecule has 0 aliphatic heterocycles. The minimum Gasteiger partial charge on any atom is -0.345 e. The lowest BCUT2D eigenvalue weighted by molar-refractivity contribution is 0.0940. The summed E-state index contributed by atoms with van der Waals surface area (Å²) in [6, 6.07) is 10.2. The molecule has 0 heterocycles. The SMILES string of the molecule is C[C@@H](NC(=O)c1ccc(N(C)S(C)(=O)=O)cc1Cl)c1ccc(S(C)(=O)=O)cc1. The van der Waals surface area contributed by atoms with Gasteiger partial charge >= 0.3 is 0 Å². The van der Waals surface area contributed by atoms with E-state index in [-0.39, 0.29) is 15.5 Å². The number of anilines is 1. The van der Waals surface area contributed by atoms with Gasteiger partial charge in [0.2, 0.25) is 10.0 Å². The van der Waals surface area contributed by atoms with Crippen molar-refractivity contribution in [1.82, 2.24) is 5.32 Å². The zero-order chi connectivity index (χ0) is 21.3. The van der Waals surface area contributed by atoms with Gasteiger partial charge in [-0.3, -0.25) is 9.10 Å². The minimum atomic E-state index is -3.44. The number of hydrogen-bond acceptors (Lipinski definition) is 5. The fraction of sp³-hybridized carbons (Fsp3) is 0.278. The summed E-state index contributed by atoms with van der Waals surface area (Å²) in [6.45, 7) is 1.76. The Balaban J connectivity index is 2.18. The highest BCUT2D eigenvalue weighted by Crippen LogP contribution is 2.25. The van der Waals surface area contributed by atoms with Gasteiger partial charge in [0.25, 0.3) is 5.91 Å². The molecule has 0 radical (unpaired) electrons. The van der Waals surface area contributed by atoms with E-state index >= 15 is 0 Å². The average molecular weight is 445 g/mol. The quantitative estimate of drug-likeness (QED) is 0.738. The summed E-state index contributed by atoms with van der Waals surface area (Å²) in [5, 5.41) is 2.90. The lowest BCUT2D eigenvalue weighted by atomic mass is 10.1. The summed E-state index contributed by atoms with van der Waals surface area (Å²) in [6.07, 6.45) is 2.19. The summed E-state index contributed by atoms with van der Waals surface area (Å²) in [7, 11) is -5.34. The van der Waals surface area contributed by atoms with Gasteiger partial charge in [0.15, 0.2) is 9.84 Å². The van der Waals surface area contributed by atoms with Crippen LogP contribution in [0.1, 0.15) is 28.9 Å². The Kier molecular flexibility index (Phi) is 6.42. The minimum absolute atomic E-state index is 0.116. The molecule has 1 atom stereocenters. The van der Waals surface area contributed by atoms with Gasteiger partial charge in [-0.1, -0.05) is 23.7 Å². The predicted molar refractivity (Wildman–Crippen MR) is 110 cm³/mol. The molecule has 0 aliphatic rings. The van der Waals surface area contributed by atoms with Crippen LogP contribution in [0.5, 0.6) is 0 Å². The average Bonchev–Trinajstić information content (AvgIpc) is 2.59. The first-order valence-corrected chi connectivity index (χ1v) is 12.3. The number of sulfonamides is 1. The van der Waals surface area contributed by atoms with Crippen molar-refractivity contribution in [2.45, 2.75) is 17.9 Å². The molecule has 0 bridgehead atoms. The van der Waals surface area contributed by atoms with E-state index in [9.17, 15) is 21.6 Å². The second-order valence-electron chi connectivity index (χ2n) is 6.43. The van der Waals surface area contributed by atoms with Gasteiger partial charge in [-0.2, -0.15) is 0 Å². The fourth-order valence-corrected chi connectivity index (χ4v) is 3.82. The Morgan fingerprint density at radius 3 is 2.07 bits per heavy atom. The van der Waals surface area contributed by atoms with Crippen molar-refractivity contribution in [3.8, 4) is 0 Å². The van der Waals surface area contributed by atoms with Crippen LogP contribution < -0.4 is 9.62 Å². The molecule has 2 rings (SSSR count). The first kappa shape index (κ1) is 22.2. The Morgan fingerprint density at radius 2 is 1.61 bits per heavy atom. The number of hydrogen-bond donors (Lipinski definition) is 1. The van der Waals surface area contributed by atoms with Crippen LogP contribution in [0.2, 0.25) is 5.02 Å². The molecule has 2 aromatic rings. The first-order valence-electron chi connectivity index (χ1n) is 8.15. The maximum atomic E-state index is 12.5. The number of sulfone groups is 1. The Labute approximate surface area is 170 Å². The maximum absolute atomic E-state index is 12.5. The third-order valence-electron chi connectivity index (χ3n) is 4.21.